The number of fused-ring (bicyclic) bond motifs is 1. The van der Waals surface area contributed by atoms with Crippen molar-refractivity contribution >= 4 is 42.6 Å². The Balaban J connectivity index is 1.45. The van der Waals surface area contributed by atoms with E-state index >= 15 is 0 Å². The van der Waals surface area contributed by atoms with Crippen molar-refractivity contribution in [1.29, 1.82) is 0 Å². The number of anilines is 1. The van der Waals surface area contributed by atoms with Gasteiger partial charge in [0, 0.05) is 31.0 Å². The minimum atomic E-state index is -3.79. The molecule has 0 fully saturated rings. The Morgan fingerprint density at radius 2 is 1.64 bits per heavy atom. The molecule has 5 rings (SSSR count). The van der Waals surface area contributed by atoms with Crippen LogP contribution in [0.4, 0.5) is 9.52 Å². The van der Waals surface area contributed by atoms with Gasteiger partial charge in [0.2, 0.25) is 10.0 Å². The maximum Gasteiger partial charge on any atom is 0.260 e. The van der Waals surface area contributed by atoms with Gasteiger partial charge in [-0.05, 0) is 53.6 Å². The third kappa shape index (κ3) is 5.73. The van der Waals surface area contributed by atoms with Crippen LogP contribution in [0, 0.1) is 5.82 Å². The Morgan fingerprint density at radius 1 is 0.897 bits per heavy atom. The SMILES string of the molecule is CCN(Cc1ccccc1)S(=O)(=O)c1ccc(C(=O)N(Cc2cccnc2)c2nc3c(F)cccc3s2)cc1. The predicted molar refractivity (Wildman–Crippen MR) is 150 cm³/mol. The van der Waals surface area contributed by atoms with Gasteiger partial charge in [0.05, 0.1) is 16.1 Å². The maximum atomic E-state index is 14.4. The summed E-state index contributed by atoms with van der Waals surface area (Å²) < 4.78 is 43.1. The highest BCUT2D eigenvalue weighted by atomic mass is 32.2. The number of hydrogen-bond donors (Lipinski definition) is 0. The highest BCUT2D eigenvalue weighted by molar-refractivity contribution is 7.89. The normalized spacial score (nSPS) is 11.7. The smallest absolute Gasteiger partial charge is 0.260 e. The molecule has 5 aromatic rings. The molecule has 0 unspecified atom stereocenters. The Kier molecular flexibility index (Phi) is 7.78. The number of thiazole rings is 1. The number of pyridine rings is 1. The van der Waals surface area contributed by atoms with Gasteiger partial charge in [0.15, 0.2) is 5.13 Å². The molecule has 3 aromatic carbocycles. The van der Waals surface area contributed by atoms with Gasteiger partial charge >= 0.3 is 0 Å². The van der Waals surface area contributed by atoms with E-state index in [0.29, 0.717) is 16.4 Å². The third-order valence-electron chi connectivity index (χ3n) is 6.19. The van der Waals surface area contributed by atoms with Crippen LogP contribution in [0.25, 0.3) is 10.2 Å². The lowest BCUT2D eigenvalue weighted by molar-refractivity contribution is 0.0985. The summed E-state index contributed by atoms with van der Waals surface area (Å²) in [5.74, 6) is -0.854. The van der Waals surface area contributed by atoms with E-state index in [1.807, 2.05) is 36.4 Å². The number of hydrogen-bond acceptors (Lipinski definition) is 6. The first-order valence-corrected chi connectivity index (χ1v) is 14.5. The topological polar surface area (TPSA) is 83.5 Å². The first-order valence-electron chi connectivity index (χ1n) is 12.3. The zero-order chi connectivity index (χ0) is 27.4. The van der Waals surface area contributed by atoms with Crippen LogP contribution in [0.1, 0.15) is 28.4 Å². The highest BCUT2D eigenvalue weighted by Crippen LogP contribution is 2.32. The second kappa shape index (κ2) is 11.4. The molecule has 0 radical (unpaired) electrons. The summed E-state index contributed by atoms with van der Waals surface area (Å²) in [5.41, 5.74) is 2.13. The fourth-order valence-electron chi connectivity index (χ4n) is 4.15. The van der Waals surface area contributed by atoms with Crippen LogP contribution in [0.2, 0.25) is 0 Å². The van der Waals surface area contributed by atoms with E-state index in [1.54, 1.807) is 37.5 Å². The first kappa shape index (κ1) is 26.6. The lowest BCUT2D eigenvalue weighted by atomic mass is 10.2. The van der Waals surface area contributed by atoms with Crippen molar-refractivity contribution in [2.45, 2.75) is 24.9 Å². The van der Waals surface area contributed by atoms with Crippen molar-refractivity contribution in [3.8, 4) is 0 Å². The highest BCUT2D eigenvalue weighted by Gasteiger charge is 2.26. The molecule has 2 aromatic heterocycles. The van der Waals surface area contributed by atoms with Crippen molar-refractivity contribution in [1.82, 2.24) is 14.3 Å². The first-order chi connectivity index (χ1) is 18.9. The van der Waals surface area contributed by atoms with Crippen LogP contribution in [-0.4, -0.2) is 35.1 Å². The van der Waals surface area contributed by atoms with E-state index in [-0.39, 0.29) is 35.0 Å². The van der Waals surface area contributed by atoms with Gasteiger partial charge in [0.1, 0.15) is 11.3 Å². The lowest BCUT2D eigenvalue weighted by Crippen LogP contribution is -2.31. The van der Waals surface area contributed by atoms with Crippen molar-refractivity contribution in [2.75, 3.05) is 11.4 Å². The molecule has 10 heteroatoms. The second-order valence-electron chi connectivity index (χ2n) is 8.78. The van der Waals surface area contributed by atoms with E-state index in [2.05, 4.69) is 9.97 Å². The van der Waals surface area contributed by atoms with E-state index in [0.717, 1.165) is 11.1 Å². The van der Waals surface area contributed by atoms with Crippen LogP contribution >= 0.6 is 11.3 Å². The van der Waals surface area contributed by atoms with Crippen molar-refractivity contribution < 1.29 is 17.6 Å². The van der Waals surface area contributed by atoms with E-state index in [4.69, 9.17) is 0 Å². The molecule has 0 N–H and O–H groups in total. The van der Waals surface area contributed by atoms with Gasteiger partial charge in [-0.25, -0.2) is 17.8 Å². The quantitative estimate of drug-likeness (QED) is 0.225. The number of aromatic nitrogens is 2. The molecule has 1 amide bonds. The van der Waals surface area contributed by atoms with Crippen LogP contribution in [-0.2, 0) is 23.1 Å². The molecular weight excluding hydrogens is 535 g/mol. The van der Waals surface area contributed by atoms with Crippen molar-refractivity contribution in [3.05, 3.63) is 120 Å². The molecule has 2 heterocycles. The minimum Gasteiger partial charge on any atom is -0.279 e. The molecule has 0 spiro atoms. The monoisotopic (exact) mass is 560 g/mol. The summed E-state index contributed by atoms with van der Waals surface area (Å²) >= 11 is 1.21. The number of rotatable bonds is 9. The Morgan fingerprint density at radius 3 is 2.31 bits per heavy atom. The number of benzene rings is 3. The molecule has 0 aliphatic heterocycles. The van der Waals surface area contributed by atoms with Gasteiger partial charge in [-0.15, -0.1) is 0 Å². The Bertz CT molecular complexity index is 1690. The molecule has 0 atom stereocenters. The number of para-hydroxylation sites is 1. The maximum absolute atomic E-state index is 14.4. The van der Waals surface area contributed by atoms with Gasteiger partial charge in [-0.2, -0.15) is 4.31 Å². The summed E-state index contributed by atoms with van der Waals surface area (Å²) in [6.07, 6.45) is 3.29. The summed E-state index contributed by atoms with van der Waals surface area (Å²) in [5, 5.41) is 0.334. The Labute approximate surface area is 230 Å². The van der Waals surface area contributed by atoms with Crippen LogP contribution in [0.3, 0.4) is 0 Å². The lowest BCUT2D eigenvalue weighted by Gasteiger charge is -2.22. The van der Waals surface area contributed by atoms with Gasteiger partial charge in [-0.3, -0.25) is 14.7 Å². The fraction of sp³-hybridized carbons (Fsp3) is 0.138. The number of nitrogens with zero attached hydrogens (tertiary/aromatic N) is 4. The fourth-order valence-corrected chi connectivity index (χ4v) is 6.56. The molecule has 0 aliphatic rings. The Hall–Kier alpha value is -3.99. The largest absolute Gasteiger partial charge is 0.279 e. The number of halogens is 1. The average Bonchev–Trinajstić information content (AvgIpc) is 3.41. The number of carbonyl (C=O) groups is 1. The minimum absolute atomic E-state index is 0.0951. The van der Waals surface area contributed by atoms with E-state index < -0.39 is 15.8 Å². The standard InChI is InChI=1S/C29H25FN4O3S2/c1-2-33(19-21-8-4-3-5-9-21)39(36,37)24-15-13-23(14-16-24)28(35)34(20-22-10-7-17-31-18-22)29-32-27-25(30)11-6-12-26(27)38-29/h3-18H,2,19-20H2,1H3. The molecule has 0 bridgehead atoms. The summed E-state index contributed by atoms with van der Waals surface area (Å²) in [4.78, 5) is 23.8. The van der Waals surface area contributed by atoms with Crippen LogP contribution < -0.4 is 4.90 Å². The zero-order valence-electron chi connectivity index (χ0n) is 21.1. The average molecular weight is 561 g/mol. The molecular formula is C29H25FN4O3S2. The number of sulfonamides is 1. The summed E-state index contributed by atoms with van der Waals surface area (Å²) in [7, 11) is -3.79. The third-order valence-corrected chi connectivity index (χ3v) is 9.17. The molecule has 39 heavy (non-hydrogen) atoms. The van der Waals surface area contributed by atoms with Gasteiger partial charge in [-0.1, -0.05) is 60.7 Å². The molecule has 0 saturated heterocycles. The summed E-state index contributed by atoms with van der Waals surface area (Å²) in [6, 6.07) is 23.5. The zero-order valence-corrected chi connectivity index (χ0v) is 22.7. The summed E-state index contributed by atoms with van der Waals surface area (Å²) in [6.45, 7) is 2.49. The molecule has 7 nitrogen and oxygen atoms in total. The van der Waals surface area contributed by atoms with Crippen LogP contribution in [0.15, 0.2) is 102 Å². The van der Waals surface area contributed by atoms with Crippen molar-refractivity contribution in [2.24, 2.45) is 0 Å². The van der Waals surface area contributed by atoms with E-state index in [9.17, 15) is 17.6 Å². The number of amides is 1. The van der Waals surface area contributed by atoms with Crippen LogP contribution in [0.5, 0.6) is 0 Å². The van der Waals surface area contributed by atoms with Crippen molar-refractivity contribution in [3.63, 3.8) is 0 Å². The molecule has 0 saturated carbocycles. The van der Waals surface area contributed by atoms with E-state index in [1.165, 1.54) is 50.9 Å². The second-order valence-corrected chi connectivity index (χ2v) is 11.7. The molecule has 198 valence electrons. The number of carbonyl (C=O) groups excluding carboxylic acids is 1. The molecule has 0 aliphatic carbocycles. The van der Waals surface area contributed by atoms with Gasteiger partial charge in [0.25, 0.3) is 5.91 Å². The van der Waals surface area contributed by atoms with Gasteiger partial charge < -0.3 is 0 Å². The predicted octanol–water partition coefficient (Wildman–Crippen LogP) is 5.89.